The molecular formula is C25H26FN5O4. The van der Waals surface area contributed by atoms with E-state index < -0.39 is 11.7 Å². The molecule has 9 nitrogen and oxygen atoms in total. The van der Waals surface area contributed by atoms with Crippen molar-refractivity contribution in [3.63, 3.8) is 0 Å². The van der Waals surface area contributed by atoms with Crippen LogP contribution in [0, 0.1) is 18.7 Å². The van der Waals surface area contributed by atoms with Gasteiger partial charge in [0.05, 0.1) is 12.1 Å². The largest absolute Gasteiger partial charge is 0.420 e. The van der Waals surface area contributed by atoms with Gasteiger partial charge in [0.25, 0.3) is 0 Å². The van der Waals surface area contributed by atoms with Crippen molar-refractivity contribution in [1.29, 1.82) is 0 Å². The summed E-state index contributed by atoms with van der Waals surface area (Å²) in [4.78, 5) is 31.1. The average molecular weight is 480 g/mol. The van der Waals surface area contributed by atoms with E-state index in [1.807, 2.05) is 31.2 Å². The molecule has 0 unspecified atom stereocenters. The van der Waals surface area contributed by atoms with Gasteiger partial charge in [0.15, 0.2) is 11.4 Å². The van der Waals surface area contributed by atoms with E-state index in [2.05, 4.69) is 20.4 Å². The number of fused-ring (bicyclic) bond motifs is 1. The van der Waals surface area contributed by atoms with Crippen LogP contribution in [0.15, 0.2) is 56.2 Å². The Morgan fingerprint density at radius 1 is 1.17 bits per heavy atom. The molecule has 0 atom stereocenters. The molecule has 5 rings (SSSR count). The van der Waals surface area contributed by atoms with Gasteiger partial charge in [-0.2, -0.15) is 4.98 Å². The van der Waals surface area contributed by atoms with Crippen molar-refractivity contribution in [3.8, 4) is 0 Å². The number of halogens is 1. The van der Waals surface area contributed by atoms with Crippen molar-refractivity contribution in [2.75, 3.05) is 19.6 Å². The van der Waals surface area contributed by atoms with Gasteiger partial charge in [0.2, 0.25) is 0 Å². The molecular weight excluding hydrogens is 453 g/mol. The van der Waals surface area contributed by atoms with Gasteiger partial charge < -0.3 is 14.3 Å². The second kappa shape index (κ2) is 9.83. The normalized spacial score (nSPS) is 15.0. The van der Waals surface area contributed by atoms with Crippen LogP contribution in [-0.2, 0) is 13.1 Å². The van der Waals surface area contributed by atoms with E-state index in [9.17, 15) is 14.0 Å². The predicted molar refractivity (Wildman–Crippen MR) is 125 cm³/mol. The topological polar surface area (TPSA) is 106 Å². The Kier molecular flexibility index (Phi) is 6.45. The maximum atomic E-state index is 13.9. The van der Waals surface area contributed by atoms with Crippen molar-refractivity contribution in [1.82, 2.24) is 24.9 Å². The quantitative estimate of drug-likeness (QED) is 0.434. The third-order valence-corrected chi connectivity index (χ3v) is 6.39. The monoisotopic (exact) mass is 479 g/mol. The van der Waals surface area contributed by atoms with E-state index >= 15 is 0 Å². The van der Waals surface area contributed by atoms with Crippen LogP contribution in [0.1, 0.15) is 40.5 Å². The molecule has 0 radical (unpaired) electrons. The molecule has 4 aromatic rings. The molecule has 1 N–H and O–H groups in total. The molecule has 0 aliphatic carbocycles. The molecule has 2 aromatic heterocycles. The molecule has 1 aliphatic rings. The maximum Gasteiger partial charge on any atom is 0.420 e. The zero-order valence-corrected chi connectivity index (χ0v) is 19.4. The number of aryl methyl sites for hydroxylation is 1. The first-order chi connectivity index (χ1) is 17.0. The fourth-order valence-corrected chi connectivity index (χ4v) is 4.40. The molecule has 2 aromatic carbocycles. The van der Waals surface area contributed by atoms with Crippen molar-refractivity contribution in [2.45, 2.75) is 32.9 Å². The molecule has 1 aliphatic heterocycles. The highest BCUT2D eigenvalue weighted by atomic mass is 19.1. The summed E-state index contributed by atoms with van der Waals surface area (Å²) in [6.07, 6.45) is 1.80. The minimum atomic E-state index is -0.525. The zero-order chi connectivity index (χ0) is 24.4. The summed E-state index contributed by atoms with van der Waals surface area (Å²) in [7, 11) is 0. The number of benzene rings is 2. The molecule has 1 fully saturated rings. The van der Waals surface area contributed by atoms with E-state index in [1.165, 1.54) is 10.6 Å². The van der Waals surface area contributed by atoms with Crippen LogP contribution in [0.25, 0.3) is 11.1 Å². The SMILES string of the molecule is Cc1ccc2oc(=O)n(Cc3noc(C(=O)NCC4CCN(Cc5ccccc5F)CC4)n3)c2c1. The summed E-state index contributed by atoms with van der Waals surface area (Å²) in [5.74, 6) is -0.767. The van der Waals surface area contributed by atoms with E-state index in [0.29, 0.717) is 35.7 Å². The van der Waals surface area contributed by atoms with Gasteiger partial charge in [0.1, 0.15) is 5.82 Å². The third-order valence-electron chi connectivity index (χ3n) is 6.39. The Morgan fingerprint density at radius 2 is 1.97 bits per heavy atom. The van der Waals surface area contributed by atoms with Crippen LogP contribution in [0.3, 0.4) is 0 Å². The van der Waals surface area contributed by atoms with E-state index in [0.717, 1.165) is 31.5 Å². The number of carbonyl (C=O) groups is 1. The first-order valence-corrected chi connectivity index (χ1v) is 11.6. The van der Waals surface area contributed by atoms with Gasteiger partial charge in [-0.25, -0.2) is 9.18 Å². The average Bonchev–Trinajstić information content (AvgIpc) is 3.45. The summed E-state index contributed by atoms with van der Waals surface area (Å²) in [5, 5.41) is 6.71. The lowest BCUT2D eigenvalue weighted by molar-refractivity contribution is 0.0891. The van der Waals surface area contributed by atoms with Crippen LogP contribution in [0.4, 0.5) is 4.39 Å². The Labute approximate surface area is 200 Å². The van der Waals surface area contributed by atoms with Crippen LogP contribution in [-0.4, -0.2) is 45.1 Å². The lowest BCUT2D eigenvalue weighted by Crippen LogP contribution is -2.38. The molecule has 3 heterocycles. The van der Waals surface area contributed by atoms with Gasteiger partial charge in [-0.1, -0.05) is 29.4 Å². The van der Waals surface area contributed by atoms with Crippen molar-refractivity contribution >= 4 is 17.0 Å². The van der Waals surface area contributed by atoms with Crippen LogP contribution in [0.2, 0.25) is 0 Å². The highest BCUT2D eigenvalue weighted by Gasteiger charge is 2.22. The maximum absolute atomic E-state index is 13.9. The van der Waals surface area contributed by atoms with Gasteiger partial charge >= 0.3 is 17.6 Å². The smallest absolute Gasteiger partial charge is 0.408 e. The van der Waals surface area contributed by atoms with Crippen molar-refractivity contribution in [3.05, 3.63) is 81.7 Å². The van der Waals surface area contributed by atoms with Crippen LogP contribution >= 0.6 is 0 Å². The van der Waals surface area contributed by atoms with E-state index in [-0.39, 0.29) is 24.1 Å². The molecule has 0 bridgehead atoms. The Bertz CT molecular complexity index is 1400. The van der Waals surface area contributed by atoms with Crippen LogP contribution in [0.5, 0.6) is 0 Å². The Morgan fingerprint density at radius 3 is 2.77 bits per heavy atom. The fraction of sp³-hybridized carbons (Fsp3) is 0.360. The molecule has 182 valence electrons. The number of nitrogens with one attached hydrogen (secondary N) is 1. The van der Waals surface area contributed by atoms with E-state index in [1.54, 1.807) is 12.1 Å². The standard InChI is InChI=1S/C25H26FN5O4/c1-16-6-7-21-20(12-16)31(25(33)34-21)15-22-28-24(35-29-22)23(32)27-13-17-8-10-30(11-9-17)14-18-4-2-3-5-19(18)26/h2-7,12,17H,8-11,13-15H2,1H3,(H,27,32). The number of oxazole rings is 1. The number of aromatic nitrogens is 3. The minimum Gasteiger partial charge on any atom is -0.408 e. The molecule has 10 heteroatoms. The zero-order valence-electron chi connectivity index (χ0n) is 19.4. The lowest BCUT2D eigenvalue weighted by Gasteiger charge is -2.32. The van der Waals surface area contributed by atoms with Gasteiger partial charge in [-0.05, 0) is 62.5 Å². The second-order valence-electron chi connectivity index (χ2n) is 8.96. The summed E-state index contributed by atoms with van der Waals surface area (Å²) < 4.78 is 25.7. The molecule has 0 spiro atoms. The summed E-state index contributed by atoms with van der Waals surface area (Å²) in [6.45, 7) is 4.72. The molecule has 0 saturated carbocycles. The molecule has 1 amide bonds. The first kappa shape index (κ1) is 23.0. The number of nitrogens with zero attached hydrogens (tertiary/aromatic N) is 4. The fourth-order valence-electron chi connectivity index (χ4n) is 4.40. The Hall–Kier alpha value is -3.79. The number of amides is 1. The highest BCUT2D eigenvalue weighted by molar-refractivity contribution is 5.89. The number of likely N-dealkylation sites (tertiary alicyclic amines) is 1. The summed E-state index contributed by atoms with van der Waals surface area (Å²) in [6, 6.07) is 12.3. The van der Waals surface area contributed by atoms with Crippen molar-refractivity contribution < 1.29 is 18.1 Å². The number of piperidine rings is 1. The lowest BCUT2D eigenvalue weighted by atomic mass is 9.96. The molecule has 35 heavy (non-hydrogen) atoms. The van der Waals surface area contributed by atoms with E-state index in [4.69, 9.17) is 8.94 Å². The summed E-state index contributed by atoms with van der Waals surface area (Å²) >= 11 is 0. The summed E-state index contributed by atoms with van der Waals surface area (Å²) in [5.41, 5.74) is 2.79. The van der Waals surface area contributed by atoms with Gasteiger partial charge in [-0.15, -0.1) is 0 Å². The number of carbonyl (C=O) groups excluding carboxylic acids is 1. The number of rotatable bonds is 7. The van der Waals surface area contributed by atoms with Gasteiger partial charge in [-0.3, -0.25) is 14.3 Å². The van der Waals surface area contributed by atoms with Crippen LogP contribution < -0.4 is 11.1 Å². The Balaban J connectivity index is 1.13. The van der Waals surface area contributed by atoms with Crippen molar-refractivity contribution in [2.24, 2.45) is 5.92 Å². The predicted octanol–water partition coefficient (Wildman–Crippen LogP) is 3.12. The molecule has 1 saturated heterocycles. The highest BCUT2D eigenvalue weighted by Crippen LogP contribution is 2.20. The first-order valence-electron chi connectivity index (χ1n) is 11.6. The third kappa shape index (κ3) is 5.17. The van der Waals surface area contributed by atoms with Gasteiger partial charge in [0, 0.05) is 18.7 Å². The minimum absolute atomic E-state index is 0.0343. The number of hydrogen-bond donors (Lipinski definition) is 1. The second-order valence-corrected chi connectivity index (χ2v) is 8.96. The number of hydrogen-bond acceptors (Lipinski definition) is 7.